The molecule has 0 fully saturated rings. The summed E-state index contributed by atoms with van der Waals surface area (Å²) in [5, 5.41) is 0. The van der Waals surface area contributed by atoms with Gasteiger partial charge in [0.15, 0.2) is 5.78 Å². The minimum atomic E-state index is -0.634. The fourth-order valence-electron chi connectivity index (χ4n) is 3.41. The molecular formula is C30H30INO5. The highest BCUT2D eigenvalue weighted by molar-refractivity contribution is 14.2. The summed E-state index contributed by atoms with van der Waals surface area (Å²) in [6.07, 6.45) is 8.98. The molecule has 0 bridgehead atoms. The van der Waals surface area contributed by atoms with Gasteiger partial charge in [-0.3, -0.25) is 14.4 Å². The Balaban J connectivity index is 1.58. The van der Waals surface area contributed by atoms with E-state index in [2.05, 4.69) is 6.87 Å². The van der Waals surface area contributed by atoms with E-state index in [1.165, 1.54) is 6.08 Å². The Labute approximate surface area is 227 Å². The van der Waals surface area contributed by atoms with Crippen LogP contribution in [0.2, 0.25) is 0 Å². The van der Waals surface area contributed by atoms with Gasteiger partial charge in [-0.15, -0.1) is 0 Å². The number of allylic oxidation sites excluding steroid dienone is 3. The second-order valence-corrected chi connectivity index (χ2v) is 9.91. The van der Waals surface area contributed by atoms with E-state index in [-0.39, 0.29) is 24.6 Å². The van der Waals surface area contributed by atoms with Crippen molar-refractivity contribution in [2.45, 2.75) is 52.6 Å². The molecule has 0 saturated heterocycles. The molecule has 3 rings (SSSR count). The number of hydrogen-bond acceptors (Lipinski definition) is 6. The lowest BCUT2D eigenvalue weighted by molar-refractivity contribution is -0.146. The average molecular weight is 611 g/mol. The van der Waals surface area contributed by atoms with E-state index in [0.717, 1.165) is 28.7 Å². The van der Waals surface area contributed by atoms with Crippen LogP contribution >= 0.6 is 21.0 Å². The van der Waals surface area contributed by atoms with E-state index >= 15 is 0 Å². The van der Waals surface area contributed by atoms with Gasteiger partial charge in [0.05, 0.1) is 21.0 Å². The topological polar surface area (TPSA) is 82.0 Å². The average Bonchev–Trinajstić information content (AvgIpc) is 3.15. The fourth-order valence-corrected chi connectivity index (χ4v) is 4.56. The zero-order valence-electron chi connectivity index (χ0n) is 21.0. The van der Waals surface area contributed by atoms with Crippen LogP contribution in [0, 0.1) is 0 Å². The van der Waals surface area contributed by atoms with Gasteiger partial charge in [0, 0.05) is 18.9 Å². The zero-order valence-corrected chi connectivity index (χ0v) is 23.2. The Morgan fingerprint density at radius 1 is 1.08 bits per heavy atom. The van der Waals surface area contributed by atoms with Crippen molar-refractivity contribution in [2.75, 3.05) is 0 Å². The minimum absolute atomic E-state index is 0.146. The Bertz CT molecular complexity index is 1280. The van der Waals surface area contributed by atoms with Crippen LogP contribution in [0.25, 0.3) is 6.08 Å². The van der Waals surface area contributed by atoms with Crippen LogP contribution < -0.4 is 4.74 Å². The molecule has 0 amide bonds. The largest absolute Gasteiger partial charge is 0.460 e. The molecule has 6 nitrogen and oxygen atoms in total. The van der Waals surface area contributed by atoms with Crippen LogP contribution in [-0.4, -0.2) is 27.1 Å². The molecule has 7 heteroatoms. The van der Waals surface area contributed by atoms with E-state index in [9.17, 15) is 14.4 Å². The highest BCUT2D eigenvalue weighted by Gasteiger charge is 2.11. The first kappa shape index (κ1) is 28.2. The van der Waals surface area contributed by atoms with E-state index in [0.29, 0.717) is 30.9 Å². The number of rotatable bonds is 12. The van der Waals surface area contributed by atoms with Crippen molar-refractivity contribution < 1.29 is 23.9 Å². The zero-order chi connectivity index (χ0) is 26.5. The number of nitrogens with zero attached hydrogens (tertiary/aromatic N) is 1. The SMILES string of the molecule is CCC(=O)CCC1=CC(Oc2ccc(/C=C/C(=O)CC(=O)OCc3ccccc3)cc2CC)=NI=C=C1. The van der Waals surface area contributed by atoms with E-state index in [4.69, 9.17) is 9.47 Å². The molecule has 0 spiro atoms. The fraction of sp³-hybridized carbons (Fsp3) is 0.267. The summed E-state index contributed by atoms with van der Waals surface area (Å²) < 4.78 is 19.0. The normalized spacial score (nSPS) is 12.8. The highest BCUT2D eigenvalue weighted by Crippen LogP contribution is 2.24. The molecule has 0 aliphatic carbocycles. The van der Waals surface area contributed by atoms with Crippen LogP contribution in [0.15, 0.2) is 75.5 Å². The molecule has 0 radical (unpaired) electrons. The molecule has 1 heterocycles. The summed E-state index contributed by atoms with van der Waals surface area (Å²) in [6.45, 7) is 4.04. The van der Waals surface area contributed by atoms with Gasteiger partial charge < -0.3 is 9.47 Å². The maximum Gasteiger partial charge on any atom is 0.314 e. The quantitative estimate of drug-likeness (QED) is 0.122. The summed E-state index contributed by atoms with van der Waals surface area (Å²) in [5.41, 5.74) is 3.65. The van der Waals surface area contributed by atoms with Gasteiger partial charge >= 0.3 is 5.97 Å². The van der Waals surface area contributed by atoms with Gasteiger partial charge in [-0.05, 0) is 59.4 Å². The van der Waals surface area contributed by atoms with Crippen molar-refractivity contribution in [2.24, 2.45) is 3.21 Å². The summed E-state index contributed by atoms with van der Waals surface area (Å²) in [7, 11) is 0. The molecule has 37 heavy (non-hydrogen) atoms. The summed E-state index contributed by atoms with van der Waals surface area (Å²) in [4.78, 5) is 35.9. The lowest BCUT2D eigenvalue weighted by Gasteiger charge is -2.11. The summed E-state index contributed by atoms with van der Waals surface area (Å²) >= 11 is -0.634. The first-order valence-electron chi connectivity index (χ1n) is 12.2. The molecule has 0 atom stereocenters. The van der Waals surface area contributed by atoms with Gasteiger partial charge in [0.2, 0.25) is 5.90 Å². The molecule has 0 aromatic heterocycles. The van der Waals surface area contributed by atoms with Crippen molar-refractivity contribution in [3.8, 4) is 5.75 Å². The molecule has 1 aliphatic heterocycles. The number of ether oxygens (including phenoxy) is 2. The lowest BCUT2D eigenvalue weighted by Crippen LogP contribution is -2.09. The number of halogens is 1. The second-order valence-electron chi connectivity index (χ2n) is 8.32. The Kier molecular flexibility index (Phi) is 11.4. The first-order chi connectivity index (χ1) is 18.0. The van der Waals surface area contributed by atoms with Crippen LogP contribution in [-0.2, 0) is 32.1 Å². The Morgan fingerprint density at radius 2 is 1.89 bits per heavy atom. The molecule has 0 saturated carbocycles. The van der Waals surface area contributed by atoms with Crippen LogP contribution in [0.1, 0.15) is 56.2 Å². The van der Waals surface area contributed by atoms with Gasteiger partial charge in [-0.2, -0.15) is 3.21 Å². The molecule has 2 aromatic carbocycles. The van der Waals surface area contributed by atoms with Crippen molar-refractivity contribution >= 4 is 54.2 Å². The smallest absolute Gasteiger partial charge is 0.314 e. The second kappa shape index (κ2) is 15.0. The van der Waals surface area contributed by atoms with Crippen LogP contribution in [0.4, 0.5) is 0 Å². The third-order valence-corrected chi connectivity index (χ3v) is 6.82. The lowest BCUT2D eigenvalue weighted by atomic mass is 10.1. The van der Waals surface area contributed by atoms with Gasteiger partial charge in [0.1, 0.15) is 24.6 Å². The van der Waals surface area contributed by atoms with Crippen molar-refractivity contribution in [3.63, 3.8) is 0 Å². The van der Waals surface area contributed by atoms with Crippen LogP contribution in [0.5, 0.6) is 5.75 Å². The van der Waals surface area contributed by atoms with E-state index in [1.54, 1.807) is 6.08 Å². The number of ketones is 2. The standard InChI is InChI=1S/C30H30INO5/c1-3-25-18-22(11-14-27(34)20-30(35)36-21-24-8-6-5-7-9-24)12-15-28(25)37-29-19-23(16-17-31-32-29)10-13-26(33)4-2/h5-9,11-12,14-16,18-19H,3-4,10,13,20-21H2,1-2H3/b14-11+. The first-order valence-corrected chi connectivity index (χ1v) is 14.2. The predicted molar refractivity (Wildman–Crippen MR) is 155 cm³/mol. The van der Waals surface area contributed by atoms with E-state index in [1.807, 2.05) is 74.5 Å². The Hall–Kier alpha value is -3.42. The third kappa shape index (κ3) is 9.86. The molecule has 0 unspecified atom stereocenters. The van der Waals surface area contributed by atoms with Crippen LogP contribution in [0.3, 0.4) is 0 Å². The number of carbonyl (C=O) groups is 3. The van der Waals surface area contributed by atoms with Gasteiger partial charge in [0.25, 0.3) is 0 Å². The molecule has 1 aliphatic rings. The maximum absolute atomic E-state index is 12.2. The number of carbonyl (C=O) groups excluding carboxylic acids is 3. The number of aryl methyl sites for hydroxylation is 1. The third-order valence-electron chi connectivity index (χ3n) is 5.51. The number of hydrogen-bond donors (Lipinski definition) is 0. The molecule has 0 N–H and O–H groups in total. The monoisotopic (exact) mass is 611 g/mol. The van der Waals surface area contributed by atoms with Gasteiger partial charge in [-0.1, -0.05) is 60.0 Å². The van der Waals surface area contributed by atoms with Crippen molar-refractivity contribution in [1.82, 2.24) is 0 Å². The molecular weight excluding hydrogens is 581 g/mol. The molecule has 2 aromatic rings. The van der Waals surface area contributed by atoms with Gasteiger partial charge in [-0.25, -0.2) is 0 Å². The number of Topliss-reactive ketones (excluding diaryl/α,β-unsaturated/α-hetero) is 1. The summed E-state index contributed by atoms with van der Waals surface area (Å²) in [6, 6.07) is 15.0. The van der Waals surface area contributed by atoms with Crippen molar-refractivity contribution in [3.05, 3.63) is 89.0 Å². The van der Waals surface area contributed by atoms with Crippen molar-refractivity contribution in [1.29, 1.82) is 0 Å². The molecule has 192 valence electrons. The van der Waals surface area contributed by atoms with E-state index < -0.39 is 27.0 Å². The predicted octanol–water partition coefficient (Wildman–Crippen LogP) is 6.28. The number of esters is 1. The summed E-state index contributed by atoms with van der Waals surface area (Å²) in [5.74, 6) is 0.570. The Morgan fingerprint density at radius 3 is 2.65 bits per heavy atom. The highest BCUT2D eigenvalue weighted by atomic mass is 127. The number of benzene rings is 2. The minimum Gasteiger partial charge on any atom is -0.460 e. The maximum atomic E-state index is 12.2.